The minimum absolute atomic E-state index is 0.338. The molecule has 88 valence electrons. The van der Waals surface area contributed by atoms with Crippen molar-refractivity contribution in [3.8, 4) is 6.07 Å². The van der Waals surface area contributed by atoms with Gasteiger partial charge in [-0.2, -0.15) is 5.26 Å². The molecule has 6 heteroatoms. The van der Waals surface area contributed by atoms with Crippen molar-refractivity contribution in [2.75, 3.05) is 0 Å². The van der Waals surface area contributed by atoms with Gasteiger partial charge in [0.05, 0.1) is 18.0 Å². The molecule has 2 fully saturated rings. The van der Waals surface area contributed by atoms with Gasteiger partial charge in [0, 0.05) is 0 Å². The van der Waals surface area contributed by atoms with Gasteiger partial charge < -0.3 is 0 Å². The lowest BCUT2D eigenvalue weighted by Gasteiger charge is -2.46. The molecule has 1 amide bonds. The molecule has 0 aromatic rings. The number of rotatable bonds is 1. The molecular weight excluding hydrogens is 228 g/mol. The Morgan fingerprint density at radius 3 is 2.56 bits per heavy atom. The van der Waals surface area contributed by atoms with Crippen molar-refractivity contribution in [1.82, 2.24) is 4.31 Å². The van der Waals surface area contributed by atoms with Crippen LogP contribution in [-0.4, -0.2) is 29.4 Å². The standard InChI is InChI=1S/C10H14N2O3S/c1-10(2)9(13)12(16(10,14)15)8-5-3-4-7(8)6-11/h7-8H,3-5H2,1-2H3. The van der Waals surface area contributed by atoms with Crippen LogP contribution in [0.2, 0.25) is 0 Å². The van der Waals surface area contributed by atoms with E-state index in [9.17, 15) is 13.2 Å². The fourth-order valence-corrected chi connectivity index (χ4v) is 4.13. The van der Waals surface area contributed by atoms with Gasteiger partial charge in [-0.05, 0) is 33.1 Å². The molecule has 0 spiro atoms. The Morgan fingerprint density at radius 1 is 1.44 bits per heavy atom. The maximum absolute atomic E-state index is 11.9. The second kappa shape index (κ2) is 3.20. The minimum Gasteiger partial charge on any atom is -0.272 e. The highest BCUT2D eigenvalue weighted by atomic mass is 32.2. The summed E-state index contributed by atoms with van der Waals surface area (Å²) in [6.45, 7) is 2.83. The van der Waals surface area contributed by atoms with Crippen molar-refractivity contribution >= 4 is 15.9 Å². The maximum Gasteiger partial charge on any atom is 0.259 e. The first-order chi connectivity index (χ1) is 7.34. The molecule has 2 atom stereocenters. The van der Waals surface area contributed by atoms with E-state index >= 15 is 0 Å². The van der Waals surface area contributed by atoms with Crippen LogP contribution in [0.4, 0.5) is 0 Å². The van der Waals surface area contributed by atoms with Crippen LogP contribution in [0.5, 0.6) is 0 Å². The summed E-state index contributed by atoms with van der Waals surface area (Å²) < 4.78 is 23.5. The van der Waals surface area contributed by atoms with Gasteiger partial charge in [0.1, 0.15) is 0 Å². The first kappa shape index (κ1) is 11.4. The normalized spacial score (nSPS) is 35.6. The Labute approximate surface area is 95.1 Å². The van der Waals surface area contributed by atoms with E-state index in [0.717, 1.165) is 10.7 Å². The zero-order valence-electron chi connectivity index (χ0n) is 9.30. The molecule has 1 saturated heterocycles. The molecule has 0 N–H and O–H groups in total. The Balaban J connectivity index is 2.32. The van der Waals surface area contributed by atoms with Crippen molar-refractivity contribution < 1.29 is 13.2 Å². The number of carbonyl (C=O) groups is 1. The second-order valence-corrected chi connectivity index (χ2v) is 7.21. The number of amides is 1. The lowest BCUT2D eigenvalue weighted by molar-refractivity contribution is -0.134. The van der Waals surface area contributed by atoms with Crippen molar-refractivity contribution in [3.63, 3.8) is 0 Å². The molecule has 2 aliphatic rings. The number of hydrogen-bond donors (Lipinski definition) is 0. The number of nitrogens with zero attached hydrogens (tertiary/aromatic N) is 2. The smallest absolute Gasteiger partial charge is 0.259 e. The van der Waals surface area contributed by atoms with Gasteiger partial charge in [-0.1, -0.05) is 0 Å². The molecule has 0 radical (unpaired) electrons. The summed E-state index contributed by atoms with van der Waals surface area (Å²) in [5, 5.41) is 8.91. The van der Waals surface area contributed by atoms with Gasteiger partial charge in [-0.25, -0.2) is 12.7 Å². The lowest BCUT2D eigenvalue weighted by atomic mass is 10.0. The van der Waals surface area contributed by atoms with E-state index in [1.165, 1.54) is 13.8 Å². The fraction of sp³-hybridized carbons (Fsp3) is 0.800. The molecule has 1 aliphatic heterocycles. The zero-order valence-corrected chi connectivity index (χ0v) is 10.1. The summed E-state index contributed by atoms with van der Waals surface area (Å²) >= 11 is 0. The first-order valence-electron chi connectivity index (χ1n) is 5.32. The number of hydrogen-bond acceptors (Lipinski definition) is 4. The Morgan fingerprint density at radius 2 is 2.06 bits per heavy atom. The molecule has 16 heavy (non-hydrogen) atoms. The fourth-order valence-electron chi connectivity index (χ4n) is 2.39. The molecule has 2 rings (SSSR count). The third-order valence-electron chi connectivity index (χ3n) is 3.57. The van der Waals surface area contributed by atoms with Gasteiger partial charge in [0.15, 0.2) is 4.75 Å². The number of carbonyl (C=O) groups excluding carboxylic acids is 1. The molecule has 0 bridgehead atoms. The second-order valence-electron chi connectivity index (χ2n) is 4.85. The largest absolute Gasteiger partial charge is 0.272 e. The average molecular weight is 242 g/mol. The van der Waals surface area contributed by atoms with E-state index in [-0.39, 0.29) is 11.8 Å². The van der Waals surface area contributed by atoms with E-state index in [2.05, 4.69) is 6.07 Å². The number of nitriles is 1. The summed E-state index contributed by atoms with van der Waals surface area (Å²) in [7, 11) is -3.54. The summed E-state index contributed by atoms with van der Waals surface area (Å²) in [6.07, 6.45) is 2.10. The third kappa shape index (κ3) is 1.15. The zero-order chi connectivity index (χ0) is 12.1. The predicted octanol–water partition coefficient (Wildman–Crippen LogP) is 0.629. The van der Waals surface area contributed by atoms with Crippen LogP contribution in [0.1, 0.15) is 33.1 Å². The monoisotopic (exact) mass is 242 g/mol. The van der Waals surface area contributed by atoms with Crippen LogP contribution >= 0.6 is 0 Å². The SMILES string of the molecule is CC1(C)C(=O)N(C2CCCC2C#N)S1(=O)=O. The summed E-state index contributed by atoms with van der Waals surface area (Å²) in [5.41, 5.74) is 0. The van der Waals surface area contributed by atoms with Crippen LogP contribution in [-0.2, 0) is 14.8 Å². The van der Waals surface area contributed by atoms with Gasteiger partial charge in [0.25, 0.3) is 15.9 Å². The van der Waals surface area contributed by atoms with E-state index in [0.29, 0.717) is 12.8 Å². The summed E-state index contributed by atoms with van der Waals surface area (Å²) in [6, 6.07) is 1.66. The van der Waals surface area contributed by atoms with E-state index in [4.69, 9.17) is 5.26 Å². The maximum atomic E-state index is 11.9. The van der Waals surface area contributed by atoms with Crippen LogP contribution in [0.3, 0.4) is 0 Å². The van der Waals surface area contributed by atoms with Gasteiger partial charge in [-0.3, -0.25) is 4.79 Å². The topological polar surface area (TPSA) is 78.2 Å². The van der Waals surface area contributed by atoms with E-state index in [1.54, 1.807) is 0 Å². The molecule has 0 aromatic heterocycles. The minimum atomic E-state index is -3.54. The Bertz CT molecular complexity index is 475. The van der Waals surface area contributed by atoms with Gasteiger partial charge in [-0.15, -0.1) is 0 Å². The average Bonchev–Trinajstić information content (AvgIpc) is 2.65. The van der Waals surface area contributed by atoms with E-state index in [1.807, 2.05) is 0 Å². The quantitative estimate of drug-likeness (QED) is 0.675. The molecule has 1 aliphatic carbocycles. The molecule has 0 aromatic carbocycles. The third-order valence-corrected chi connectivity index (χ3v) is 5.98. The van der Waals surface area contributed by atoms with Gasteiger partial charge >= 0.3 is 0 Å². The highest BCUT2D eigenvalue weighted by Gasteiger charge is 2.63. The van der Waals surface area contributed by atoms with Crippen LogP contribution in [0.25, 0.3) is 0 Å². The molecular formula is C10H14N2O3S. The molecule has 1 heterocycles. The lowest BCUT2D eigenvalue weighted by Crippen LogP contribution is -2.70. The van der Waals surface area contributed by atoms with Gasteiger partial charge in [0.2, 0.25) is 0 Å². The van der Waals surface area contributed by atoms with Crippen molar-refractivity contribution in [3.05, 3.63) is 0 Å². The molecule has 5 nitrogen and oxygen atoms in total. The Kier molecular flexibility index (Phi) is 2.28. The molecule has 1 saturated carbocycles. The highest BCUT2D eigenvalue weighted by Crippen LogP contribution is 2.42. The van der Waals surface area contributed by atoms with Crippen LogP contribution < -0.4 is 0 Å². The summed E-state index contributed by atoms with van der Waals surface area (Å²) in [5.74, 6) is -0.713. The van der Waals surface area contributed by atoms with Crippen molar-refractivity contribution in [1.29, 1.82) is 5.26 Å². The first-order valence-corrected chi connectivity index (χ1v) is 6.76. The van der Waals surface area contributed by atoms with Crippen molar-refractivity contribution in [2.45, 2.75) is 43.9 Å². The van der Waals surface area contributed by atoms with Crippen LogP contribution in [0.15, 0.2) is 0 Å². The number of sulfonamides is 1. The Hall–Kier alpha value is -1.09. The highest BCUT2D eigenvalue weighted by molar-refractivity contribution is 7.94. The van der Waals surface area contributed by atoms with Crippen molar-refractivity contribution in [2.24, 2.45) is 5.92 Å². The molecule has 2 unspecified atom stereocenters. The van der Waals surface area contributed by atoms with E-state index < -0.39 is 20.8 Å². The summed E-state index contributed by atoms with van der Waals surface area (Å²) in [4.78, 5) is 11.8. The van der Waals surface area contributed by atoms with Crippen LogP contribution in [0, 0.1) is 17.2 Å². The predicted molar refractivity (Wildman–Crippen MR) is 56.6 cm³/mol.